The third kappa shape index (κ3) is 2.33. The highest BCUT2D eigenvalue weighted by Crippen LogP contribution is 2.18. The number of hydrogen-bond acceptors (Lipinski definition) is 3. The molecule has 0 aromatic heterocycles. The van der Waals surface area contributed by atoms with Crippen LogP contribution in [-0.4, -0.2) is 14.7 Å². The van der Waals surface area contributed by atoms with Crippen molar-refractivity contribution in [1.82, 2.24) is 0 Å². The Morgan fingerprint density at radius 2 is 2.00 bits per heavy atom. The summed E-state index contributed by atoms with van der Waals surface area (Å²) in [7, 11) is -3.13. The van der Waals surface area contributed by atoms with Crippen molar-refractivity contribution < 1.29 is 8.42 Å². The summed E-state index contributed by atoms with van der Waals surface area (Å²) in [6.45, 7) is 2.30. The maximum absolute atomic E-state index is 11.4. The lowest BCUT2D eigenvalue weighted by Gasteiger charge is -2.07. The van der Waals surface area contributed by atoms with Crippen LogP contribution < -0.4 is 5.73 Å². The van der Waals surface area contributed by atoms with E-state index < -0.39 is 9.84 Å². The molecule has 0 saturated carbocycles. The molecule has 0 aliphatic carbocycles. The summed E-state index contributed by atoms with van der Waals surface area (Å²) >= 11 is 0. The van der Waals surface area contributed by atoms with Gasteiger partial charge in [-0.2, -0.15) is 0 Å². The largest absolute Gasteiger partial charge is 0.326 e. The van der Waals surface area contributed by atoms with Gasteiger partial charge in [-0.05, 0) is 23.6 Å². The fraction of sp³-hybridized carbons (Fsp3) is 0.400. The van der Waals surface area contributed by atoms with E-state index in [-0.39, 0.29) is 0 Å². The first-order chi connectivity index (χ1) is 6.49. The Bertz CT molecular complexity index is 424. The van der Waals surface area contributed by atoms with Crippen LogP contribution in [0.2, 0.25) is 0 Å². The van der Waals surface area contributed by atoms with Crippen molar-refractivity contribution >= 4 is 9.84 Å². The molecule has 78 valence electrons. The Labute approximate surface area is 84.9 Å². The van der Waals surface area contributed by atoms with Gasteiger partial charge in [0.25, 0.3) is 0 Å². The Hall–Kier alpha value is -0.870. The molecule has 3 nitrogen and oxygen atoms in total. The molecule has 4 heteroatoms. The predicted molar refractivity (Wildman–Crippen MR) is 56.8 cm³/mol. The van der Waals surface area contributed by atoms with E-state index in [4.69, 9.17) is 5.73 Å². The van der Waals surface area contributed by atoms with Crippen molar-refractivity contribution in [3.63, 3.8) is 0 Å². The molecule has 0 saturated heterocycles. The maximum atomic E-state index is 11.4. The molecule has 14 heavy (non-hydrogen) atoms. The third-order valence-electron chi connectivity index (χ3n) is 2.15. The smallest absolute Gasteiger partial charge is 0.175 e. The van der Waals surface area contributed by atoms with Crippen LogP contribution in [0.5, 0.6) is 0 Å². The average Bonchev–Trinajstić information content (AvgIpc) is 2.15. The van der Waals surface area contributed by atoms with Crippen molar-refractivity contribution in [1.29, 1.82) is 0 Å². The second kappa shape index (κ2) is 4.11. The highest BCUT2D eigenvalue weighted by atomic mass is 32.2. The molecule has 1 aromatic rings. The Morgan fingerprint density at radius 3 is 2.43 bits per heavy atom. The molecule has 2 N–H and O–H groups in total. The topological polar surface area (TPSA) is 60.2 Å². The van der Waals surface area contributed by atoms with Gasteiger partial charge in [0.15, 0.2) is 9.84 Å². The van der Waals surface area contributed by atoms with E-state index in [0.29, 0.717) is 17.9 Å². The number of hydrogen-bond donors (Lipinski definition) is 1. The first-order valence-electron chi connectivity index (χ1n) is 4.51. The minimum atomic E-state index is -3.13. The first-order valence-corrected chi connectivity index (χ1v) is 6.40. The minimum absolute atomic E-state index is 0.368. The quantitative estimate of drug-likeness (QED) is 0.818. The van der Waals surface area contributed by atoms with Gasteiger partial charge >= 0.3 is 0 Å². The van der Waals surface area contributed by atoms with Gasteiger partial charge in [0.2, 0.25) is 0 Å². The van der Waals surface area contributed by atoms with E-state index in [1.165, 1.54) is 6.26 Å². The molecule has 0 unspecified atom stereocenters. The maximum Gasteiger partial charge on any atom is 0.175 e. The minimum Gasteiger partial charge on any atom is -0.326 e. The summed E-state index contributed by atoms with van der Waals surface area (Å²) in [6, 6.07) is 5.36. The monoisotopic (exact) mass is 213 g/mol. The summed E-state index contributed by atoms with van der Waals surface area (Å²) < 4.78 is 22.9. The van der Waals surface area contributed by atoms with Gasteiger partial charge < -0.3 is 5.73 Å². The van der Waals surface area contributed by atoms with Gasteiger partial charge in [-0.1, -0.05) is 19.1 Å². The van der Waals surface area contributed by atoms with E-state index in [1.54, 1.807) is 6.07 Å². The van der Waals surface area contributed by atoms with Crippen molar-refractivity contribution in [3.8, 4) is 0 Å². The van der Waals surface area contributed by atoms with Crippen molar-refractivity contribution in [2.45, 2.75) is 24.8 Å². The number of benzene rings is 1. The Morgan fingerprint density at radius 1 is 1.36 bits per heavy atom. The number of rotatable bonds is 3. The SMILES string of the molecule is CCc1ccc(CN)cc1S(C)(=O)=O. The van der Waals surface area contributed by atoms with E-state index in [9.17, 15) is 8.42 Å². The number of aryl methyl sites for hydroxylation is 1. The van der Waals surface area contributed by atoms with Crippen LogP contribution in [-0.2, 0) is 22.8 Å². The predicted octanol–water partition coefficient (Wildman–Crippen LogP) is 1.11. The second-order valence-corrected chi connectivity index (χ2v) is 5.26. The zero-order valence-corrected chi connectivity index (χ0v) is 9.26. The lowest BCUT2D eigenvalue weighted by atomic mass is 10.1. The fourth-order valence-electron chi connectivity index (χ4n) is 1.36. The summed E-state index contributed by atoms with van der Waals surface area (Å²) in [5, 5.41) is 0. The van der Waals surface area contributed by atoms with Crippen LogP contribution in [0.25, 0.3) is 0 Å². The van der Waals surface area contributed by atoms with Gasteiger partial charge in [0.05, 0.1) is 4.90 Å². The van der Waals surface area contributed by atoms with Gasteiger partial charge in [-0.25, -0.2) is 8.42 Å². The molecule has 1 aromatic carbocycles. The third-order valence-corrected chi connectivity index (χ3v) is 3.33. The van der Waals surface area contributed by atoms with Gasteiger partial charge in [0, 0.05) is 12.8 Å². The van der Waals surface area contributed by atoms with Crippen molar-refractivity contribution in [3.05, 3.63) is 29.3 Å². The Balaban J connectivity index is 3.37. The molecule has 0 heterocycles. The molecule has 0 spiro atoms. The normalized spacial score (nSPS) is 11.6. The molecule has 0 bridgehead atoms. The van der Waals surface area contributed by atoms with Crippen LogP contribution in [0, 0.1) is 0 Å². The average molecular weight is 213 g/mol. The van der Waals surface area contributed by atoms with Crippen LogP contribution >= 0.6 is 0 Å². The molecule has 1 rings (SSSR count). The fourth-order valence-corrected chi connectivity index (χ4v) is 2.42. The second-order valence-electron chi connectivity index (χ2n) is 3.27. The van der Waals surface area contributed by atoms with E-state index in [2.05, 4.69) is 0 Å². The lowest BCUT2D eigenvalue weighted by Crippen LogP contribution is -2.05. The molecular weight excluding hydrogens is 198 g/mol. The molecule has 0 radical (unpaired) electrons. The molecule has 0 amide bonds. The summed E-state index contributed by atoms with van der Waals surface area (Å²) in [5.74, 6) is 0. The highest BCUT2D eigenvalue weighted by molar-refractivity contribution is 7.90. The summed E-state index contributed by atoms with van der Waals surface area (Å²) in [4.78, 5) is 0.406. The first kappa shape index (κ1) is 11.2. The zero-order chi connectivity index (χ0) is 10.8. The number of sulfone groups is 1. The van der Waals surface area contributed by atoms with Crippen molar-refractivity contribution in [2.75, 3.05) is 6.26 Å². The van der Waals surface area contributed by atoms with Crippen LogP contribution in [0.3, 0.4) is 0 Å². The molecular formula is C10H15NO2S. The van der Waals surface area contributed by atoms with E-state index in [1.807, 2.05) is 19.1 Å². The molecule has 0 aliphatic rings. The van der Waals surface area contributed by atoms with Crippen LogP contribution in [0.4, 0.5) is 0 Å². The van der Waals surface area contributed by atoms with Crippen molar-refractivity contribution in [2.24, 2.45) is 5.73 Å². The zero-order valence-electron chi connectivity index (χ0n) is 8.45. The van der Waals surface area contributed by atoms with Crippen LogP contribution in [0.1, 0.15) is 18.1 Å². The highest BCUT2D eigenvalue weighted by Gasteiger charge is 2.12. The van der Waals surface area contributed by atoms with Gasteiger partial charge in [-0.15, -0.1) is 0 Å². The van der Waals surface area contributed by atoms with Crippen LogP contribution in [0.15, 0.2) is 23.1 Å². The summed E-state index contributed by atoms with van der Waals surface area (Å²) in [6.07, 6.45) is 1.94. The number of nitrogens with two attached hydrogens (primary N) is 1. The molecule has 0 aliphatic heterocycles. The summed E-state index contributed by atoms with van der Waals surface area (Å²) in [5.41, 5.74) is 7.16. The standard InChI is InChI=1S/C10H15NO2S/c1-3-9-5-4-8(7-11)6-10(9)14(2,12)13/h4-6H,3,7,11H2,1-2H3. The lowest BCUT2D eigenvalue weighted by molar-refractivity contribution is 0.600. The van der Waals surface area contributed by atoms with E-state index >= 15 is 0 Å². The molecule has 0 atom stereocenters. The van der Waals surface area contributed by atoms with Gasteiger partial charge in [0.1, 0.15) is 0 Å². The van der Waals surface area contributed by atoms with E-state index in [0.717, 1.165) is 11.1 Å². The molecule has 0 fully saturated rings. The van der Waals surface area contributed by atoms with Gasteiger partial charge in [-0.3, -0.25) is 0 Å². The Kier molecular flexibility index (Phi) is 3.29.